The molecule has 0 radical (unpaired) electrons. The fraction of sp³-hybridized carbons (Fsp3) is 0.600. The molecule has 0 aromatic heterocycles. The van der Waals surface area contributed by atoms with E-state index in [4.69, 9.17) is 11.6 Å². The molecule has 2 nitrogen and oxygen atoms in total. The van der Waals surface area contributed by atoms with E-state index in [-0.39, 0.29) is 0 Å². The molecule has 1 unspecified atom stereocenters. The third-order valence-corrected chi connectivity index (χ3v) is 4.22. The molecule has 1 aliphatic rings. The number of benzene rings is 1. The minimum atomic E-state index is 0.600. The van der Waals surface area contributed by atoms with Crippen LogP contribution in [-0.2, 0) is 5.88 Å². The van der Waals surface area contributed by atoms with Crippen molar-refractivity contribution in [3.8, 4) is 0 Å². The topological polar surface area (TPSA) is 6.48 Å². The van der Waals surface area contributed by atoms with E-state index in [1.165, 1.54) is 36.3 Å². The van der Waals surface area contributed by atoms with Crippen molar-refractivity contribution in [2.24, 2.45) is 5.92 Å². The molecule has 1 atom stereocenters. The van der Waals surface area contributed by atoms with Crippen molar-refractivity contribution < 1.29 is 0 Å². The Morgan fingerprint density at radius 1 is 1.44 bits per heavy atom. The van der Waals surface area contributed by atoms with Crippen molar-refractivity contribution >= 4 is 17.3 Å². The quantitative estimate of drug-likeness (QED) is 0.773. The number of alkyl halides is 1. The zero-order valence-electron chi connectivity index (χ0n) is 11.6. The van der Waals surface area contributed by atoms with Gasteiger partial charge >= 0.3 is 0 Å². The van der Waals surface area contributed by atoms with Crippen LogP contribution >= 0.6 is 11.6 Å². The van der Waals surface area contributed by atoms with Gasteiger partial charge in [0, 0.05) is 31.7 Å². The number of anilines is 1. The average molecular weight is 267 g/mol. The Hall–Kier alpha value is -0.730. The van der Waals surface area contributed by atoms with Gasteiger partial charge in [-0.1, -0.05) is 6.07 Å². The summed E-state index contributed by atoms with van der Waals surface area (Å²) in [5.41, 5.74) is 3.82. The average Bonchev–Trinajstić information content (AvgIpc) is 2.74. The Kier molecular flexibility index (Phi) is 4.52. The van der Waals surface area contributed by atoms with Gasteiger partial charge in [-0.25, -0.2) is 0 Å². The van der Waals surface area contributed by atoms with Crippen molar-refractivity contribution in [1.82, 2.24) is 4.90 Å². The molecule has 0 spiro atoms. The molecule has 1 saturated heterocycles. The Morgan fingerprint density at radius 2 is 2.22 bits per heavy atom. The van der Waals surface area contributed by atoms with Crippen LogP contribution in [0, 0.1) is 12.8 Å². The molecule has 1 aromatic carbocycles. The first-order valence-electron chi connectivity index (χ1n) is 6.65. The van der Waals surface area contributed by atoms with Gasteiger partial charge in [-0.3, -0.25) is 0 Å². The Bertz CT molecular complexity index is 405. The summed E-state index contributed by atoms with van der Waals surface area (Å²) >= 11 is 5.90. The van der Waals surface area contributed by atoms with Gasteiger partial charge in [0.2, 0.25) is 0 Å². The monoisotopic (exact) mass is 266 g/mol. The minimum absolute atomic E-state index is 0.600. The van der Waals surface area contributed by atoms with E-state index >= 15 is 0 Å². The highest BCUT2D eigenvalue weighted by Crippen LogP contribution is 2.22. The van der Waals surface area contributed by atoms with Crippen molar-refractivity contribution in [1.29, 1.82) is 0 Å². The van der Waals surface area contributed by atoms with Gasteiger partial charge in [0.1, 0.15) is 0 Å². The normalized spacial score (nSPS) is 20.3. The standard InChI is InChI=1S/C15H23ClN2/c1-12-8-15(5-4-14(12)9-16)18(3)11-13-6-7-17(2)10-13/h4-5,8,13H,6-7,9-11H2,1-3H3. The molecule has 3 heteroatoms. The molecule has 0 saturated carbocycles. The molecule has 1 fully saturated rings. The lowest BCUT2D eigenvalue weighted by atomic mass is 10.1. The van der Waals surface area contributed by atoms with Crippen molar-refractivity contribution in [3.05, 3.63) is 29.3 Å². The lowest BCUT2D eigenvalue weighted by Crippen LogP contribution is -2.27. The van der Waals surface area contributed by atoms with E-state index < -0.39 is 0 Å². The Balaban J connectivity index is 2.00. The van der Waals surface area contributed by atoms with Crippen LogP contribution in [0.1, 0.15) is 17.5 Å². The lowest BCUT2D eigenvalue weighted by Gasteiger charge is -2.24. The van der Waals surface area contributed by atoms with E-state index in [0.29, 0.717) is 5.88 Å². The van der Waals surface area contributed by atoms with E-state index in [2.05, 4.69) is 49.0 Å². The van der Waals surface area contributed by atoms with Crippen molar-refractivity contribution in [3.63, 3.8) is 0 Å². The summed E-state index contributed by atoms with van der Waals surface area (Å²) in [4.78, 5) is 4.79. The zero-order valence-corrected chi connectivity index (χ0v) is 12.4. The second kappa shape index (κ2) is 5.94. The second-order valence-corrected chi connectivity index (χ2v) is 5.81. The third kappa shape index (κ3) is 3.18. The first-order chi connectivity index (χ1) is 8.60. The molecule has 1 heterocycles. The summed E-state index contributed by atoms with van der Waals surface area (Å²) in [7, 11) is 4.40. The molecule has 1 aromatic rings. The van der Waals surface area contributed by atoms with Crippen LogP contribution in [0.5, 0.6) is 0 Å². The molecular weight excluding hydrogens is 244 g/mol. The van der Waals surface area contributed by atoms with Gasteiger partial charge in [0.05, 0.1) is 0 Å². The maximum absolute atomic E-state index is 5.90. The molecule has 1 aliphatic heterocycles. The van der Waals surface area contributed by atoms with Crippen molar-refractivity contribution in [2.75, 3.05) is 38.6 Å². The summed E-state index contributed by atoms with van der Waals surface area (Å²) in [6.45, 7) is 5.74. The van der Waals surface area contributed by atoms with Gasteiger partial charge in [0.25, 0.3) is 0 Å². The number of aryl methyl sites for hydroxylation is 1. The molecule has 100 valence electrons. The first kappa shape index (κ1) is 13.7. The maximum Gasteiger partial charge on any atom is 0.0476 e. The van der Waals surface area contributed by atoms with Gasteiger partial charge in [-0.05, 0) is 56.1 Å². The van der Waals surface area contributed by atoms with Crippen LogP contribution < -0.4 is 4.90 Å². The SMILES string of the molecule is Cc1cc(N(C)CC2CCN(C)C2)ccc1CCl. The highest BCUT2D eigenvalue weighted by atomic mass is 35.5. The van der Waals surface area contributed by atoms with Gasteiger partial charge in [-0.15, -0.1) is 11.6 Å². The van der Waals surface area contributed by atoms with Gasteiger partial charge in [-0.2, -0.15) is 0 Å². The summed E-state index contributed by atoms with van der Waals surface area (Å²) in [6.07, 6.45) is 1.32. The van der Waals surface area contributed by atoms with E-state index in [1.807, 2.05) is 0 Å². The molecule has 2 rings (SSSR count). The number of hydrogen-bond donors (Lipinski definition) is 0. The van der Waals surface area contributed by atoms with Crippen LogP contribution in [0.25, 0.3) is 0 Å². The molecular formula is C15H23ClN2. The largest absolute Gasteiger partial charge is 0.374 e. The molecule has 0 amide bonds. The number of rotatable bonds is 4. The zero-order chi connectivity index (χ0) is 13.1. The summed E-state index contributed by atoms with van der Waals surface area (Å²) < 4.78 is 0. The number of likely N-dealkylation sites (tertiary alicyclic amines) is 1. The molecule has 0 bridgehead atoms. The van der Waals surface area contributed by atoms with Crippen LogP contribution in [-0.4, -0.2) is 38.6 Å². The number of hydrogen-bond acceptors (Lipinski definition) is 2. The highest BCUT2D eigenvalue weighted by molar-refractivity contribution is 6.17. The van der Waals surface area contributed by atoms with Crippen LogP contribution in [0.3, 0.4) is 0 Å². The minimum Gasteiger partial charge on any atom is -0.374 e. The summed E-state index contributed by atoms with van der Waals surface area (Å²) in [5.74, 6) is 1.40. The van der Waals surface area contributed by atoms with E-state index in [1.54, 1.807) is 0 Å². The van der Waals surface area contributed by atoms with E-state index in [0.717, 1.165) is 12.5 Å². The lowest BCUT2D eigenvalue weighted by molar-refractivity contribution is 0.396. The second-order valence-electron chi connectivity index (χ2n) is 5.54. The summed E-state index contributed by atoms with van der Waals surface area (Å²) in [6, 6.07) is 6.58. The van der Waals surface area contributed by atoms with Gasteiger partial charge in [0.15, 0.2) is 0 Å². The fourth-order valence-corrected chi connectivity index (χ4v) is 3.04. The predicted octanol–water partition coefficient (Wildman–Crippen LogP) is 3.12. The van der Waals surface area contributed by atoms with Crippen molar-refractivity contribution in [2.45, 2.75) is 19.2 Å². The number of nitrogens with zero attached hydrogens (tertiary/aromatic N) is 2. The smallest absolute Gasteiger partial charge is 0.0476 e. The molecule has 0 N–H and O–H groups in total. The molecule has 18 heavy (non-hydrogen) atoms. The van der Waals surface area contributed by atoms with Crippen LogP contribution in [0.2, 0.25) is 0 Å². The fourth-order valence-electron chi connectivity index (χ4n) is 2.74. The van der Waals surface area contributed by atoms with Gasteiger partial charge < -0.3 is 9.80 Å². The number of halogens is 1. The predicted molar refractivity (Wildman–Crippen MR) is 79.6 cm³/mol. The Morgan fingerprint density at radius 3 is 2.78 bits per heavy atom. The van der Waals surface area contributed by atoms with Crippen LogP contribution in [0.4, 0.5) is 5.69 Å². The first-order valence-corrected chi connectivity index (χ1v) is 7.18. The maximum atomic E-state index is 5.90. The highest BCUT2D eigenvalue weighted by Gasteiger charge is 2.20. The third-order valence-electron chi connectivity index (χ3n) is 3.93. The Labute approximate surface area is 116 Å². The summed E-state index contributed by atoms with van der Waals surface area (Å²) in [5, 5.41) is 0. The van der Waals surface area contributed by atoms with Crippen LogP contribution in [0.15, 0.2) is 18.2 Å². The van der Waals surface area contributed by atoms with E-state index in [9.17, 15) is 0 Å². The molecule has 0 aliphatic carbocycles.